The number of nitrogens with zero attached hydrogens (tertiary/aromatic N) is 2. The van der Waals surface area contributed by atoms with Crippen molar-refractivity contribution in [3.8, 4) is 0 Å². The first-order valence-corrected chi connectivity index (χ1v) is 12.5. The zero-order valence-corrected chi connectivity index (χ0v) is 22.5. The van der Waals surface area contributed by atoms with Crippen molar-refractivity contribution in [2.75, 3.05) is 4.90 Å². The maximum absolute atomic E-state index is 13.5. The van der Waals surface area contributed by atoms with Crippen LogP contribution < -0.4 is 4.90 Å². The number of aryl methyl sites for hydroxylation is 1. The highest BCUT2D eigenvalue weighted by Crippen LogP contribution is 2.42. The van der Waals surface area contributed by atoms with E-state index in [9.17, 15) is 19.5 Å². The highest BCUT2D eigenvalue weighted by molar-refractivity contribution is 6.51. The van der Waals surface area contributed by atoms with Gasteiger partial charge in [0.25, 0.3) is 11.7 Å². The van der Waals surface area contributed by atoms with Gasteiger partial charge in [-0.25, -0.2) is 4.79 Å². The van der Waals surface area contributed by atoms with Crippen LogP contribution in [0.25, 0.3) is 5.76 Å². The van der Waals surface area contributed by atoms with E-state index >= 15 is 0 Å². The van der Waals surface area contributed by atoms with Gasteiger partial charge in [0, 0.05) is 23.6 Å². The highest BCUT2D eigenvalue weighted by atomic mass is 16.5. The number of carbonyl (C=O) groups is 3. The number of ketones is 1. The first-order valence-electron chi connectivity index (χ1n) is 12.5. The highest BCUT2D eigenvalue weighted by Gasteiger charge is 2.47. The first kappa shape index (κ1) is 26.8. The van der Waals surface area contributed by atoms with E-state index in [1.54, 1.807) is 62.6 Å². The summed E-state index contributed by atoms with van der Waals surface area (Å²) in [4.78, 5) is 44.6. The molecule has 1 aromatic heterocycles. The minimum Gasteiger partial charge on any atom is -0.507 e. The average Bonchev–Trinajstić information content (AvgIpc) is 3.13. The van der Waals surface area contributed by atoms with Gasteiger partial charge in [0.2, 0.25) is 0 Å². The van der Waals surface area contributed by atoms with Crippen LogP contribution in [0.15, 0.2) is 72.6 Å². The summed E-state index contributed by atoms with van der Waals surface area (Å²) in [6.07, 6.45) is 2.88. The van der Waals surface area contributed by atoms with E-state index in [0.29, 0.717) is 22.4 Å². The van der Waals surface area contributed by atoms with Crippen molar-refractivity contribution in [3.05, 3.63) is 100 Å². The monoisotopic (exact) mass is 512 g/mol. The van der Waals surface area contributed by atoms with E-state index in [2.05, 4.69) is 25.8 Å². The van der Waals surface area contributed by atoms with Gasteiger partial charge >= 0.3 is 5.97 Å². The molecule has 38 heavy (non-hydrogen) atoms. The Kier molecular flexibility index (Phi) is 7.22. The zero-order chi connectivity index (χ0) is 27.8. The van der Waals surface area contributed by atoms with Gasteiger partial charge in [-0.3, -0.25) is 19.5 Å². The summed E-state index contributed by atoms with van der Waals surface area (Å²) in [5, 5.41) is 11.6. The molecule has 1 amide bonds. The molecule has 1 aliphatic heterocycles. The van der Waals surface area contributed by atoms with E-state index in [0.717, 1.165) is 11.1 Å². The number of rotatable bonds is 5. The van der Waals surface area contributed by atoms with Gasteiger partial charge in [-0.1, -0.05) is 32.9 Å². The fourth-order valence-corrected chi connectivity index (χ4v) is 4.49. The third-order valence-corrected chi connectivity index (χ3v) is 6.55. The van der Waals surface area contributed by atoms with E-state index in [-0.39, 0.29) is 22.9 Å². The van der Waals surface area contributed by atoms with Crippen LogP contribution in [0, 0.1) is 6.92 Å². The lowest BCUT2D eigenvalue weighted by Gasteiger charge is -2.26. The fourth-order valence-electron chi connectivity index (χ4n) is 4.49. The Morgan fingerprint density at radius 3 is 2.21 bits per heavy atom. The third-order valence-electron chi connectivity index (χ3n) is 6.55. The van der Waals surface area contributed by atoms with Gasteiger partial charge in [-0.05, 0) is 85.3 Å². The molecule has 7 nitrogen and oxygen atoms in total. The molecule has 3 aromatic rings. The van der Waals surface area contributed by atoms with Crippen molar-refractivity contribution in [1.82, 2.24) is 4.98 Å². The fraction of sp³-hybridized carbons (Fsp3) is 0.290. The van der Waals surface area contributed by atoms with E-state index in [1.165, 1.54) is 4.90 Å². The van der Waals surface area contributed by atoms with Crippen LogP contribution in [0.3, 0.4) is 0 Å². The lowest BCUT2D eigenvalue weighted by atomic mass is 9.84. The Labute approximate surface area is 222 Å². The number of aliphatic hydroxyl groups is 1. The summed E-state index contributed by atoms with van der Waals surface area (Å²) >= 11 is 0. The van der Waals surface area contributed by atoms with E-state index < -0.39 is 23.7 Å². The van der Waals surface area contributed by atoms with Crippen LogP contribution in [0.4, 0.5) is 5.69 Å². The van der Waals surface area contributed by atoms with Crippen molar-refractivity contribution in [1.29, 1.82) is 0 Å². The number of amides is 1. The molecule has 2 heterocycles. The molecule has 1 aliphatic rings. The number of anilines is 1. The molecular weight excluding hydrogens is 480 g/mol. The average molecular weight is 513 g/mol. The Morgan fingerprint density at radius 1 is 1.00 bits per heavy atom. The van der Waals surface area contributed by atoms with Crippen molar-refractivity contribution >= 4 is 29.1 Å². The molecule has 0 radical (unpaired) electrons. The summed E-state index contributed by atoms with van der Waals surface area (Å²) in [5.41, 5.74) is 3.45. The number of hydrogen-bond acceptors (Lipinski definition) is 6. The Morgan fingerprint density at radius 2 is 1.63 bits per heavy atom. The number of hydrogen-bond donors (Lipinski definition) is 1. The number of esters is 1. The van der Waals surface area contributed by atoms with Crippen LogP contribution in [-0.2, 0) is 19.7 Å². The van der Waals surface area contributed by atoms with Gasteiger partial charge in [0.15, 0.2) is 0 Å². The second-order valence-electron chi connectivity index (χ2n) is 10.7. The van der Waals surface area contributed by atoms with Gasteiger partial charge in [-0.2, -0.15) is 0 Å². The van der Waals surface area contributed by atoms with Crippen molar-refractivity contribution in [2.45, 2.75) is 59.1 Å². The molecule has 4 rings (SSSR count). The molecule has 0 bridgehead atoms. The van der Waals surface area contributed by atoms with Crippen LogP contribution in [0.1, 0.15) is 73.3 Å². The van der Waals surface area contributed by atoms with Gasteiger partial charge < -0.3 is 9.84 Å². The number of ether oxygens (including phenoxy) is 1. The number of pyridine rings is 1. The molecule has 1 atom stereocenters. The number of carbonyl (C=O) groups excluding carboxylic acids is 3. The molecule has 2 aromatic carbocycles. The van der Waals surface area contributed by atoms with Gasteiger partial charge in [-0.15, -0.1) is 0 Å². The van der Waals surface area contributed by atoms with Crippen molar-refractivity contribution < 1.29 is 24.2 Å². The second kappa shape index (κ2) is 10.2. The number of aromatic nitrogens is 1. The lowest BCUT2D eigenvalue weighted by Crippen LogP contribution is -2.29. The maximum Gasteiger partial charge on any atom is 0.338 e. The molecule has 0 aliphatic carbocycles. The summed E-state index contributed by atoms with van der Waals surface area (Å²) in [5.74, 6) is -2.26. The maximum atomic E-state index is 13.5. The molecule has 1 saturated heterocycles. The summed E-state index contributed by atoms with van der Waals surface area (Å²) in [6.45, 7) is 11.6. The quantitative estimate of drug-likeness (QED) is 0.198. The normalized spacial score (nSPS) is 17.2. The predicted octanol–water partition coefficient (Wildman–Crippen LogP) is 5.88. The Hall–Kier alpha value is -4.26. The molecule has 1 fully saturated rings. The van der Waals surface area contributed by atoms with Crippen molar-refractivity contribution in [2.24, 2.45) is 0 Å². The Balaban J connectivity index is 1.87. The molecular formula is C31H32N2O5. The third kappa shape index (κ3) is 5.09. The standard InChI is InChI=1S/C31H32N2O5/c1-18(2)38-30(37)21-8-11-23(12-9-21)33-26(20-13-15-32-16-14-20)25(28(35)29(33)36)27(34)24-17-22(31(4,5)6)10-7-19(24)3/h7-18,26,34H,1-6H3/b27-25+. The minimum absolute atomic E-state index is 0.00125. The summed E-state index contributed by atoms with van der Waals surface area (Å²) in [6, 6.07) is 14.6. The largest absolute Gasteiger partial charge is 0.507 e. The zero-order valence-electron chi connectivity index (χ0n) is 22.5. The second-order valence-corrected chi connectivity index (χ2v) is 10.7. The van der Waals surface area contributed by atoms with Crippen LogP contribution in [0.5, 0.6) is 0 Å². The number of Topliss-reactive ketones (excluding diaryl/α,β-unsaturated/α-hetero) is 1. The topological polar surface area (TPSA) is 96.8 Å². The minimum atomic E-state index is -0.885. The van der Waals surface area contributed by atoms with Gasteiger partial charge in [0.1, 0.15) is 5.76 Å². The van der Waals surface area contributed by atoms with Gasteiger partial charge in [0.05, 0.1) is 23.3 Å². The first-order chi connectivity index (χ1) is 17.9. The molecule has 0 spiro atoms. The molecule has 1 N–H and O–H groups in total. The van der Waals surface area contributed by atoms with Crippen LogP contribution >= 0.6 is 0 Å². The molecule has 7 heteroatoms. The van der Waals surface area contributed by atoms with Crippen LogP contribution in [0.2, 0.25) is 0 Å². The molecule has 0 saturated carbocycles. The van der Waals surface area contributed by atoms with E-state index in [4.69, 9.17) is 4.74 Å². The van der Waals surface area contributed by atoms with Crippen LogP contribution in [-0.4, -0.2) is 33.9 Å². The lowest BCUT2D eigenvalue weighted by molar-refractivity contribution is -0.132. The summed E-state index contributed by atoms with van der Waals surface area (Å²) < 4.78 is 5.25. The smallest absolute Gasteiger partial charge is 0.338 e. The molecule has 1 unspecified atom stereocenters. The summed E-state index contributed by atoms with van der Waals surface area (Å²) in [7, 11) is 0. The number of benzene rings is 2. The van der Waals surface area contributed by atoms with E-state index in [1.807, 2.05) is 25.1 Å². The SMILES string of the molecule is Cc1ccc(C(C)(C)C)cc1/C(O)=C1\C(=O)C(=O)N(c2ccc(C(=O)OC(C)C)cc2)C1c1ccncc1. The molecule has 196 valence electrons. The predicted molar refractivity (Wildman–Crippen MR) is 146 cm³/mol. The number of aliphatic hydroxyl groups excluding tert-OH is 1. The van der Waals surface area contributed by atoms with Crippen molar-refractivity contribution in [3.63, 3.8) is 0 Å². The Bertz CT molecular complexity index is 1420.